The maximum atomic E-state index is 12.2. The van der Waals surface area contributed by atoms with Crippen molar-refractivity contribution in [3.8, 4) is 0 Å². The van der Waals surface area contributed by atoms with E-state index in [1.54, 1.807) is 17.0 Å². The summed E-state index contributed by atoms with van der Waals surface area (Å²) in [5, 5.41) is 2.94. The molecule has 1 N–H and O–H groups in total. The molecule has 1 aromatic heterocycles. The highest BCUT2D eigenvalue weighted by Gasteiger charge is 2.23. The predicted octanol–water partition coefficient (Wildman–Crippen LogP) is 1.09. The molecule has 0 atom stereocenters. The van der Waals surface area contributed by atoms with Gasteiger partial charge in [0.05, 0.1) is 6.26 Å². The summed E-state index contributed by atoms with van der Waals surface area (Å²) >= 11 is 0. The Balaban J connectivity index is 1.67. The number of hydrogen-bond donors (Lipinski definition) is 1. The molecule has 23 heavy (non-hydrogen) atoms. The number of hydrogen-bond acceptors (Lipinski definition) is 4. The van der Waals surface area contributed by atoms with Gasteiger partial charge in [-0.3, -0.25) is 9.69 Å². The fraction of sp³-hybridized carbons (Fsp3) is 0.625. The van der Waals surface area contributed by atoms with Crippen molar-refractivity contribution in [1.82, 2.24) is 20.0 Å². The number of amides is 3. The Morgan fingerprint density at radius 3 is 2.48 bits per heavy atom. The first-order valence-corrected chi connectivity index (χ1v) is 8.23. The Labute approximate surface area is 137 Å². The van der Waals surface area contributed by atoms with Crippen molar-refractivity contribution >= 4 is 11.9 Å². The van der Waals surface area contributed by atoms with Gasteiger partial charge < -0.3 is 19.5 Å². The smallest absolute Gasteiger partial charge is 0.317 e. The minimum Gasteiger partial charge on any atom is -0.459 e. The van der Waals surface area contributed by atoms with E-state index in [1.165, 1.54) is 6.26 Å². The van der Waals surface area contributed by atoms with Gasteiger partial charge in [0.15, 0.2) is 5.76 Å². The van der Waals surface area contributed by atoms with Gasteiger partial charge in [0.1, 0.15) is 0 Å². The highest BCUT2D eigenvalue weighted by molar-refractivity contribution is 5.91. The third-order valence-corrected chi connectivity index (χ3v) is 4.15. The Kier molecular flexibility index (Phi) is 6.46. The average molecular weight is 322 g/mol. The van der Waals surface area contributed by atoms with E-state index in [9.17, 15) is 9.59 Å². The lowest BCUT2D eigenvalue weighted by atomic mass is 10.3. The summed E-state index contributed by atoms with van der Waals surface area (Å²) in [6.45, 7) is 9.80. The first-order chi connectivity index (χ1) is 11.2. The van der Waals surface area contributed by atoms with E-state index >= 15 is 0 Å². The molecule has 0 spiro atoms. The van der Waals surface area contributed by atoms with E-state index in [2.05, 4.69) is 10.2 Å². The fourth-order valence-electron chi connectivity index (χ4n) is 2.67. The molecule has 7 heteroatoms. The monoisotopic (exact) mass is 322 g/mol. The van der Waals surface area contributed by atoms with Gasteiger partial charge in [-0.2, -0.15) is 0 Å². The molecule has 2 heterocycles. The average Bonchev–Trinajstić information content (AvgIpc) is 3.10. The zero-order valence-electron chi connectivity index (χ0n) is 14.0. The van der Waals surface area contributed by atoms with Crippen LogP contribution in [0, 0.1) is 0 Å². The van der Waals surface area contributed by atoms with Crippen LogP contribution in [0.3, 0.4) is 0 Å². The van der Waals surface area contributed by atoms with Crippen LogP contribution in [-0.4, -0.2) is 79.0 Å². The molecule has 0 radical (unpaired) electrons. The predicted molar refractivity (Wildman–Crippen MR) is 87.4 cm³/mol. The zero-order chi connectivity index (χ0) is 16.7. The van der Waals surface area contributed by atoms with Crippen LogP contribution in [0.25, 0.3) is 0 Å². The van der Waals surface area contributed by atoms with Crippen molar-refractivity contribution in [2.24, 2.45) is 0 Å². The maximum Gasteiger partial charge on any atom is 0.317 e. The molecule has 1 fully saturated rings. The summed E-state index contributed by atoms with van der Waals surface area (Å²) in [5.74, 6) is 0.342. The van der Waals surface area contributed by atoms with Gasteiger partial charge >= 0.3 is 6.03 Å². The lowest BCUT2D eigenvalue weighted by Crippen LogP contribution is -2.50. The van der Waals surface area contributed by atoms with Crippen molar-refractivity contribution in [2.45, 2.75) is 13.8 Å². The van der Waals surface area contributed by atoms with E-state index in [1.807, 2.05) is 18.7 Å². The molecule has 1 aliphatic rings. The number of urea groups is 1. The molecule has 1 aliphatic heterocycles. The molecule has 0 aliphatic carbocycles. The second-order valence-electron chi connectivity index (χ2n) is 5.52. The summed E-state index contributed by atoms with van der Waals surface area (Å²) in [4.78, 5) is 29.8. The van der Waals surface area contributed by atoms with Crippen molar-refractivity contribution in [3.05, 3.63) is 24.2 Å². The lowest BCUT2D eigenvalue weighted by molar-refractivity contribution is 0.0608. The number of carbonyl (C=O) groups is 2. The van der Waals surface area contributed by atoms with E-state index in [0.29, 0.717) is 25.4 Å². The number of rotatable bonds is 6. The summed E-state index contributed by atoms with van der Waals surface area (Å²) in [5.41, 5.74) is 0. The lowest BCUT2D eigenvalue weighted by Gasteiger charge is -2.34. The highest BCUT2D eigenvalue weighted by Crippen LogP contribution is 2.09. The first kappa shape index (κ1) is 17.3. The van der Waals surface area contributed by atoms with E-state index in [0.717, 1.165) is 32.7 Å². The zero-order valence-corrected chi connectivity index (χ0v) is 14.0. The Bertz CT molecular complexity index is 491. The quantitative estimate of drug-likeness (QED) is 0.851. The van der Waals surface area contributed by atoms with Gasteiger partial charge in [-0.05, 0) is 26.0 Å². The summed E-state index contributed by atoms with van der Waals surface area (Å²) in [6, 6.07) is 3.40. The summed E-state index contributed by atoms with van der Waals surface area (Å²) in [7, 11) is 0. The van der Waals surface area contributed by atoms with Crippen LogP contribution in [0.2, 0.25) is 0 Å². The van der Waals surface area contributed by atoms with Crippen LogP contribution in [0.1, 0.15) is 24.4 Å². The minimum atomic E-state index is -0.0514. The molecule has 7 nitrogen and oxygen atoms in total. The van der Waals surface area contributed by atoms with E-state index in [4.69, 9.17) is 4.42 Å². The summed E-state index contributed by atoms with van der Waals surface area (Å²) < 4.78 is 5.15. The van der Waals surface area contributed by atoms with Gasteiger partial charge in [-0.25, -0.2) is 4.79 Å². The number of piperazine rings is 1. The van der Waals surface area contributed by atoms with Gasteiger partial charge in [-0.15, -0.1) is 0 Å². The third kappa shape index (κ3) is 4.72. The molecular formula is C16H26N4O3. The van der Waals surface area contributed by atoms with Crippen LogP contribution >= 0.6 is 0 Å². The second-order valence-corrected chi connectivity index (χ2v) is 5.52. The molecule has 0 aromatic carbocycles. The fourth-order valence-corrected chi connectivity index (χ4v) is 2.67. The van der Waals surface area contributed by atoms with Crippen molar-refractivity contribution < 1.29 is 14.0 Å². The number of furan rings is 1. The van der Waals surface area contributed by atoms with Crippen LogP contribution in [-0.2, 0) is 0 Å². The Morgan fingerprint density at radius 2 is 1.91 bits per heavy atom. The SMILES string of the molecule is CCN(CC)C(=O)NCCN1CCN(C(=O)c2ccco2)CC1. The molecular weight excluding hydrogens is 296 g/mol. The topological polar surface area (TPSA) is 69.0 Å². The number of nitrogens with zero attached hydrogens (tertiary/aromatic N) is 3. The van der Waals surface area contributed by atoms with E-state index < -0.39 is 0 Å². The minimum absolute atomic E-state index is 0.0124. The normalized spacial score (nSPS) is 15.5. The van der Waals surface area contributed by atoms with Gasteiger partial charge in [-0.1, -0.05) is 0 Å². The van der Waals surface area contributed by atoms with Crippen molar-refractivity contribution in [3.63, 3.8) is 0 Å². The molecule has 128 valence electrons. The number of nitrogens with one attached hydrogen (secondary N) is 1. The first-order valence-electron chi connectivity index (χ1n) is 8.23. The highest BCUT2D eigenvalue weighted by atomic mass is 16.3. The molecule has 1 aromatic rings. The van der Waals surface area contributed by atoms with Gasteiger partial charge in [0, 0.05) is 52.4 Å². The van der Waals surface area contributed by atoms with Crippen molar-refractivity contribution in [1.29, 1.82) is 0 Å². The van der Waals surface area contributed by atoms with Crippen LogP contribution in [0.5, 0.6) is 0 Å². The van der Waals surface area contributed by atoms with Crippen LogP contribution < -0.4 is 5.32 Å². The molecule has 0 bridgehead atoms. The molecule has 3 amide bonds. The molecule has 2 rings (SSSR count). The van der Waals surface area contributed by atoms with Crippen LogP contribution in [0.15, 0.2) is 22.8 Å². The second kappa shape index (κ2) is 8.57. The molecule has 1 saturated heterocycles. The van der Waals surface area contributed by atoms with Crippen LogP contribution in [0.4, 0.5) is 4.79 Å². The molecule has 0 unspecified atom stereocenters. The number of carbonyl (C=O) groups excluding carboxylic acids is 2. The summed E-state index contributed by atoms with van der Waals surface area (Å²) in [6.07, 6.45) is 1.52. The molecule has 0 saturated carbocycles. The van der Waals surface area contributed by atoms with E-state index in [-0.39, 0.29) is 11.9 Å². The Hall–Kier alpha value is -2.02. The largest absolute Gasteiger partial charge is 0.459 e. The van der Waals surface area contributed by atoms with Gasteiger partial charge in [0.25, 0.3) is 5.91 Å². The third-order valence-electron chi connectivity index (χ3n) is 4.15. The standard InChI is InChI=1S/C16H26N4O3/c1-3-19(4-2)16(22)17-7-8-18-9-11-20(12-10-18)15(21)14-6-5-13-23-14/h5-6,13H,3-4,7-12H2,1-2H3,(H,17,22). The van der Waals surface area contributed by atoms with Crippen molar-refractivity contribution in [2.75, 3.05) is 52.4 Å². The van der Waals surface area contributed by atoms with Gasteiger partial charge in [0.2, 0.25) is 0 Å². The Morgan fingerprint density at radius 1 is 1.22 bits per heavy atom. The maximum absolute atomic E-state index is 12.2.